The van der Waals surface area contributed by atoms with Crippen molar-refractivity contribution in [1.29, 1.82) is 0 Å². The van der Waals surface area contributed by atoms with Gasteiger partial charge < -0.3 is 9.84 Å². The molecule has 0 saturated heterocycles. The van der Waals surface area contributed by atoms with Crippen LogP contribution in [0.2, 0.25) is 0 Å². The van der Waals surface area contributed by atoms with Crippen LogP contribution in [0.4, 0.5) is 0 Å². The fourth-order valence-corrected chi connectivity index (χ4v) is 3.73. The van der Waals surface area contributed by atoms with Crippen LogP contribution in [0.5, 0.6) is 5.75 Å². The summed E-state index contributed by atoms with van der Waals surface area (Å²) in [4.78, 5) is 2.16. The first kappa shape index (κ1) is 12.2. The van der Waals surface area contributed by atoms with Crippen molar-refractivity contribution in [3.05, 3.63) is 49.6 Å². The van der Waals surface area contributed by atoms with Crippen LogP contribution in [-0.4, -0.2) is 11.7 Å². The van der Waals surface area contributed by atoms with E-state index in [1.807, 2.05) is 25.1 Å². The van der Waals surface area contributed by atoms with E-state index >= 15 is 0 Å². The zero-order valence-corrected chi connectivity index (χ0v) is 12.3. The summed E-state index contributed by atoms with van der Waals surface area (Å²) in [5.41, 5.74) is 2.13. The van der Waals surface area contributed by atoms with E-state index in [4.69, 9.17) is 4.74 Å². The molecule has 1 unspecified atom stereocenters. The van der Waals surface area contributed by atoms with Gasteiger partial charge in [0.2, 0.25) is 0 Å². The highest BCUT2D eigenvalue weighted by Crippen LogP contribution is 2.35. The molecule has 0 aliphatic carbocycles. The van der Waals surface area contributed by atoms with Crippen molar-refractivity contribution < 1.29 is 9.84 Å². The van der Waals surface area contributed by atoms with Crippen LogP contribution in [0.15, 0.2) is 28.7 Å². The van der Waals surface area contributed by atoms with Gasteiger partial charge in [0.25, 0.3) is 0 Å². The summed E-state index contributed by atoms with van der Waals surface area (Å²) >= 11 is 5.11. The number of aryl methyl sites for hydroxylation is 1. The first-order valence-corrected chi connectivity index (χ1v) is 7.45. The quantitative estimate of drug-likeness (QED) is 0.909. The fraction of sp³-hybridized carbons (Fsp3) is 0.286. The van der Waals surface area contributed by atoms with Crippen LogP contribution in [0.3, 0.4) is 0 Å². The van der Waals surface area contributed by atoms with Gasteiger partial charge in [-0.25, -0.2) is 0 Å². The summed E-state index contributed by atoms with van der Waals surface area (Å²) in [6.07, 6.45) is 0.383. The van der Waals surface area contributed by atoms with Crippen molar-refractivity contribution in [3.8, 4) is 5.75 Å². The highest BCUT2D eigenvalue weighted by Gasteiger charge is 2.18. The maximum absolute atomic E-state index is 10.4. The van der Waals surface area contributed by atoms with E-state index < -0.39 is 6.10 Å². The van der Waals surface area contributed by atoms with E-state index in [-0.39, 0.29) is 0 Å². The second kappa shape index (κ2) is 4.68. The molecular formula is C14H13BrO2S. The third-order valence-corrected chi connectivity index (χ3v) is 5.36. The van der Waals surface area contributed by atoms with Crippen molar-refractivity contribution in [1.82, 2.24) is 0 Å². The molecule has 1 aromatic heterocycles. The summed E-state index contributed by atoms with van der Waals surface area (Å²) in [5, 5.41) is 10.4. The molecule has 4 heteroatoms. The molecule has 0 saturated carbocycles. The number of fused-ring (bicyclic) bond motifs is 1. The standard InChI is InChI=1S/C14H13BrO2S/c1-8-11(15)7-13(18-8)14(16)10-2-3-12-9(6-10)4-5-17-12/h2-3,6-7,14,16H,4-5H2,1H3. The first-order valence-electron chi connectivity index (χ1n) is 5.84. The molecule has 0 spiro atoms. The molecule has 0 bridgehead atoms. The maximum atomic E-state index is 10.4. The smallest absolute Gasteiger partial charge is 0.122 e. The lowest BCUT2D eigenvalue weighted by Crippen LogP contribution is -1.97. The Morgan fingerprint density at radius 2 is 2.22 bits per heavy atom. The molecular weight excluding hydrogens is 312 g/mol. The summed E-state index contributed by atoms with van der Waals surface area (Å²) in [6.45, 7) is 2.79. The number of aliphatic hydroxyl groups is 1. The number of halogens is 1. The predicted molar refractivity (Wildman–Crippen MR) is 76.5 cm³/mol. The van der Waals surface area contributed by atoms with Gasteiger partial charge in [0.05, 0.1) is 6.61 Å². The number of hydrogen-bond acceptors (Lipinski definition) is 3. The van der Waals surface area contributed by atoms with E-state index in [2.05, 4.69) is 22.0 Å². The number of rotatable bonds is 2. The number of benzene rings is 1. The van der Waals surface area contributed by atoms with Crippen molar-refractivity contribution >= 4 is 27.3 Å². The Morgan fingerprint density at radius 1 is 1.39 bits per heavy atom. The van der Waals surface area contributed by atoms with Gasteiger partial charge in [0.1, 0.15) is 11.9 Å². The minimum absolute atomic E-state index is 0.550. The zero-order chi connectivity index (χ0) is 12.7. The van der Waals surface area contributed by atoms with Crippen LogP contribution >= 0.6 is 27.3 Å². The second-order valence-corrected chi connectivity index (χ2v) is 6.56. The number of ether oxygens (including phenoxy) is 1. The highest BCUT2D eigenvalue weighted by molar-refractivity contribution is 9.10. The lowest BCUT2D eigenvalue weighted by molar-refractivity contribution is 0.224. The van der Waals surface area contributed by atoms with Crippen LogP contribution in [0.1, 0.15) is 27.0 Å². The van der Waals surface area contributed by atoms with Gasteiger partial charge in [0, 0.05) is 20.6 Å². The molecule has 1 aliphatic rings. The zero-order valence-electron chi connectivity index (χ0n) is 9.94. The number of hydrogen-bond donors (Lipinski definition) is 1. The lowest BCUT2D eigenvalue weighted by Gasteiger charge is -2.10. The number of aliphatic hydroxyl groups excluding tert-OH is 1. The first-order chi connectivity index (χ1) is 8.65. The Balaban J connectivity index is 1.94. The predicted octanol–water partition coefficient (Wildman–Crippen LogP) is 3.84. The molecule has 1 aliphatic heterocycles. The molecule has 1 atom stereocenters. The molecule has 2 nitrogen and oxygen atoms in total. The number of thiophene rings is 1. The summed E-state index contributed by atoms with van der Waals surface area (Å²) in [5.74, 6) is 0.953. The van der Waals surface area contributed by atoms with Crippen LogP contribution < -0.4 is 4.74 Å². The Hall–Kier alpha value is -0.840. The molecule has 2 heterocycles. The molecule has 2 aromatic rings. The minimum atomic E-state index is -0.550. The molecule has 0 fully saturated rings. The maximum Gasteiger partial charge on any atom is 0.122 e. The SMILES string of the molecule is Cc1sc(C(O)c2ccc3c(c2)CCO3)cc1Br. The van der Waals surface area contributed by atoms with Gasteiger partial charge in [-0.15, -0.1) is 11.3 Å². The largest absolute Gasteiger partial charge is 0.493 e. The molecule has 94 valence electrons. The van der Waals surface area contributed by atoms with E-state index in [1.165, 1.54) is 10.4 Å². The van der Waals surface area contributed by atoms with Gasteiger partial charge in [-0.05, 0) is 52.2 Å². The average molecular weight is 325 g/mol. The molecule has 3 rings (SSSR count). The average Bonchev–Trinajstić information content (AvgIpc) is 2.95. The summed E-state index contributed by atoms with van der Waals surface area (Å²) in [7, 11) is 0. The normalized spacial score (nSPS) is 15.3. The summed E-state index contributed by atoms with van der Waals surface area (Å²) < 4.78 is 6.54. The molecule has 18 heavy (non-hydrogen) atoms. The van der Waals surface area contributed by atoms with Gasteiger partial charge in [-0.1, -0.05) is 6.07 Å². The van der Waals surface area contributed by atoms with Gasteiger partial charge >= 0.3 is 0 Å². The van der Waals surface area contributed by atoms with Gasteiger partial charge in [-0.2, -0.15) is 0 Å². The van der Waals surface area contributed by atoms with E-state index in [0.29, 0.717) is 0 Å². The Bertz CT molecular complexity index is 572. The Kier molecular flexibility index (Phi) is 3.18. The van der Waals surface area contributed by atoms with Crippen LogP contribution in [0.25, 0.3) is 0 Å². The third-order valence-electron chi connectivity index (χ3n) is 3.18. The third kappa shape index (κ3) is 2.09. The van der Waals surface area contributed by atoms with Crippen molar-refractivity contribution in [3.63, 3.8) is 0 Å². The highest BCUT2D eigenvalue weighted by atomic mass is 79.9. The summed E-state index contributed by atoms with van der Waals surface area (Å²) in [6, 6.07) is 7.94. The van der Waals surface area contributed by atoms with Crippen molar-refractivity contribution in [2.75, 3.05) is 6.61 Å². The van der Waals surface area contributed by atoms with Gasteiger partial charge in [-0.3, -0.25) is 0 Å². The minimum Gasteiger partial charge on any atom is -0.493 e. The molecule has 0 radical (unpaired) electrons. The monoisotopic (exact) mass is 324 g/mol. The van der Waals surface area contributed by atoms with Gasteiger partial charge in [0.15, 0.2) is 0 Å². The Labute approximate surface area is 118 Å². The molecule has 1 aromatic carbocycles. The lowest BCUT2D eigenvalue weighted by atomic mass is 10.0. The fourth-order valence-electron chi connectivity index (χ4n) is 2.16. The second-order valence-electron chi connectivity index (χ2n) is 4.42. The van der Waals surface area contributed by atoms with E-state index in [0.717, 1.165) is 33.7 Å². The molecule has 0 amide bonds. The van der Waals surface area contributed by atoms with E-state index in [1.54, 1.807) is 11.3 Å². The Morgan fingerprint density at radius 3 is 2.94 bits per heavy atom. The van der Waals surface area contributed by atoms with Crippen molar-refractivity contribution in [2.24, 2.45) is 0 Å². The van der Waals surface area contributed by atoms with Crippen molar-refractivity contribution in [2.45, 2.75) is 19.4 Å². The molecule has 1 N–H and O–H groups in total. The van der Waals surface area contributed by atoms with Crippen LogP contribution in [0, 0.1) is 6.92 Å². The topological polar surface area (TPSA) is 29.5 Å². The van der Waals surface area contributed by atoms with E-state index in [9.17, 15) is 5.11 Å². The van der Waals surface area contributed by atoms with Crippen LogP contribution in [-0.2, 0) is 6.42 Å².